The molecule has 28 rings (SSSR count). The van der Waals surface area contributed by atoms with Gasteiger partial charge in [-0.3, -0.25) is 0 Å². The number of fused-ring (bicyclic) bond motifs is 6. The van der Waals surface area contributed by atoms with E-state index >= 15 is 0 Å². The van der Waals surface area contributed by atoms with Gasteiger partial charge >= 0.3 is 0 Å². The fourth-order valence-corrected chi connectivity index (χ4v) is 23.8. The van der Waals surface area contributed by atoms with Crippen molar-refractivity contribution < 1.29 is 4.74 Å². The lowest BCUT2D eigenvalue weighted by Gasteiger charge is -2.34. The molecular formula is C133H89N3OS. The molecular weight excluding hydrogens is 1690 g/mol. The summed E-state index contributed by atoms with van der Waals surface area (Å²) < 4.78 is 7.08. The van der Waals surface area contributed by atoms with Gasteiger partial charge in [-0.05, 0) is 296 Å². The van der Waals surface area contributed by atoms with Crippen LogP contribution in [0.25, 0.3) is 224 Å². The fraction of sp³-hybridized carbons (Fsp3) is 0.0451. The smallest absolute Gasteiger partial charge is 0.187 e. The van der Waals surface area contributed by atoms with E-state index in [9.17, 15) is 0 Å². The predicted molar refractivity (Wildman–Crippen MR) is 587 cm³/mol. The summed E-state index contributed by atoms with van der Waals surface area (Å²) in [6.45, 7) is 17.4. The number of hydrogen-bond donors (Lipinski definition) is 0. The Kier molecular flexibility index (Phi) is 19.5. The second-order valence-electron chi connectivity index (χ2n) is 37.6. The van der Waals surface area contributed by atoms with Crippen molar-refractivity contribution >= 4 is 143 Å². The van der Waals surface area contributed by atoms with E-state index in [-0.39, 0.29) is 5.41 Å². The van der Waals surface area contributed by atoms with Gasteiger partial charge in [0.25, 0.3) is 0 Å². The van der Waals surface area contributed by atoms with Crippen LogP contribution in [0.15, 0.2) is 465 Å². The molecule has 25 aromatic carbocycles. The van der Waals surface area contributed by atoms with Crippen LogP contribution in [0.4, 0.5) is 34.1 Å². The molecule has 0 saturated carbocycles. The lowest BCUT2D eigenvalue weighted by atomic mass is 9.79. The summed E-state index contributed by atoms with van der Waals surface area (Å²) in [5.74, 6) is 1.70. The Bertz CT molecular complexity index is 9120. The van der Waals surface area contributed by atoms with Crippen molar-refractivity contribution in [1.82, 2.24) is 0 Å². The number of rotatable bonds is 12. The topological polar surface area (TPSA) is 20.1 Å². The molecule has 0 bridgehead atoms. The summed E-state index contributed by atoms with van der Waals surface area (Å²) in [6.07, 6.45) is 0. The van der Waals surface area contributed by atoms with Gasteiger partial charge in [0, 0.05) is 83.2 Å². The van der Waals surface area contributed by atoms with E-state index in [0.29, 0.717) is 5.69 Å². The average molecular weight is 1780 g/mol. The first-order valence-corrected chi connectivity index (χ1v) is 48.6. The van der Waals surface area contributed by atoms with E-state index in [4.69, 9.17) is 11.3 Å². The average Bonchev–Trinajstić information content (AvgIpc) is 0.691. The monoisotopic (exact) mass is 1780 g/mol. The first-order valence-electron chi connectivity index (χ1n) is 47.7. The molecule has 5 heteroatoms. The lowest BCUT2D eigenvalue weighted by Crippen LogP contribution is -2.20. The molecule has 0 aliphatic carbocycles. The normalized spacial score (nSPS) is 12.2. The maximum atomic E-state index is 7.46. The van der Waals surface area contributed by atoms with E-state index in [1.807, 2.05) is 23.9 Å². The van der Waals surface area contributed by atoms with Gasteiger partial charge in [0.05, 0.1) is 12.3 Å². The molecule has 4 nitrogen and oxygen atoms in total. The molecule has 0 atom stereocenters. The molecule has 648 valence electrons. The Morgan fingerprint density at radius 2 is 0.645 bits per heavy atom. The minimum absolute atomic E-state index is 0.0589. The molecule has 25 aromatic rings. The van der Waals surface area contributed by atoms with Crippen molar-refractivity contribution in [2.75, 3.05) is 16.3 Å². The molecule has 0 aromatic heterocycles. The molecule has 0 amide bonds. The second-order valence-corrected chi connectivity index (χ2v) is 38.7. The highest BCUT2D eigenvalue weighted by Crippen LogP contribution is 2.61. The van der Waals surface area contributed by atoms with E-state index in [1.165, 1.54) is 213 Å². The minimum Gasteiger partial charge on any atom is -0.456 e. The highest BCUT2D eigenvalue weighted by Gasteiger charge is 2.34. The molecule has 0 N–H and O–H groups in total. The molecule has 3 heterocycles. The van der Waals surface area contributed by atoms with Gasteiger partial charge in [0.1, 0.15) is 11.5 Å². The zero-order chi connectivity index (χ0) is 92.0. The second kappa shape index (κ2) is 32.9. The van der Waals surface area contributed by atoms with Crippen LogP contribution < -0.4 is 14.5 Å². The molecule has 0 saturated heterocycles. The summed E-state index contributed by atoms with van der Waals surface area (Å²) in [5, 5.41) is 23.2. The third kappa shape index (κ3) is 13.3. The molecule has 138 heavy (non-hydrogen) atoms. The summed E-state index contributed by atoms with van der Waals surface area (Å²) >= 11 is 1.91. The Morgan fingerprint density at radius 3 is 1.15 bits per heavy atom. The molecule has 0 spiro atoms. The Balaban J connectivity index is 0.000000108. The van der Waals surface area contributed by atoms with Gasteiger partial charge in [0.15, 0.2) is 5.69 Å². The Labute approximate surface area is 806 Å². The van der Waals surface area contributed by atoms with Gasteiger partial charge in [-0.25, -0.2) is 4.85 Å². The van der Waals surface area contributed by atoms with Gasteiger partial charge in [0.2, 0.25) is 0 Å². The van der Waals surface area contributed by atoms with Crippen LogP contribution in [-0.4, -0.2) is 6.54 Å². The van der Waals surface area contributed by atoms with Gasteiger partial charge in [-0.15, -0.1) is 0 Å². The first kappa shape index (κ1) is 81.6. The van der Waals surface area contributed by atoms with Crippen LogP contribution in [0.5, 0.6) is 11.5 Å². The van der Waals surface area contributed by atoms with Crippen LogP contribution >= 0.6 is 11.8 Å². The predicted octanol–water partition coefficient (Wildman–Crippen LogP) is 38.4. The van der Waals surface area contributed by atoms with Crippen LogP contribution in [0.2, 0.25) is 0 Å². The summed E-state index contributed by atoms with van der Waals surface area (Å²) in [4.78, 5) is 11.1. The zero-order valence-corrected chi connectivity index (χ0v) is 77.5. The quantitative estimate of drug-likeness (QED) is 0.0897. The van der Waals surface area contributed by atoms with Crippen molar-refractivity contribution in [3.63, 3.8) is 0 Å². The van der Waals surface area contributed by atoms with Gasteiger partial charge < -0.3 is 14.5 Å². The highest BCUT2D eigenvalue weighted by molar-refractivity contribution is 7.99. The van der Waals surface area contributed by atoms with Crippen molar-refractivity contribution in [2.24, 2.45) is 0 Å². The van der Waals surface area contributed by atoms with Gasteiger partial charge in [-0.2, -0.15) is 0 Å². The van der Waals surface area contributed by atoms with Crippen LogP contribution in [-0.2, 0) is 5.41 Å². The number of benzene rings is 25. The Hall–Kier alpha value is -17.1. The van der Waals surface area contributed by atoms with Crippen molar-refractivity contribution in [2.45, 2.75) is 42.9 Å². The highest BCUT2D eigenvalue weighted by atomic mass is 32.2. The third-order valence-electron chi connectivity index (χ3n) is 28.9. The SMILES string of the molecule is CCN1c2ccccc2-c2cc3c(-c4ccccc4)cc(-c4ccccc4)c4ccc5c(-c6ccccc6)cc1c2c5c43.[C-]#[N+]c1ccc(-c2ccc3cc4c5c(cc(-c6ccc(C(C)(C)C)cc6)c6ccc2c3c65)Oc2cc(N(c3ccccc3)c3ccccc3)ccc2-4)cc1.c1ccc(-c2cc(-c3ccccc3)c3cc4c5c(cc(-c6ccccc6)c6ccc2c3c65)Sc2ccccc2-4)cc1. The number of hydrogen-bond acceptors (Lipinski definition) is 4. The standard InChI is InChI=1S/C51H36N2O.C42H29N.C40H24S/c1-51(2,3)35-20-15-33(16-21-35)44-31-47-49-45(29-34-19-25-40(32-17-22-36(52-4)23-18-32)42-27-28-43(44)50(49)48(34)42)41-26-24-39(30-46(41)54-47)53(37-11-7-5-8-12-37)38-13-9-6-10-14-38;1-2-43-38-21-13-12-20-30(38)36-25-37-34(28-16-8-4-9-17-28)24-33(27-14-6-3-7-15-27)31-22-23-32-35(29-18-10-5-11-19-29)26-39(43)41(36)42(32)40(31)37;1-4-12-25(13-5-1)31-22-32(26-14-6-2-7-15-26)35-23-34-28-18-10-11-19-36(28)41-37-24-33(27-16-8-3-9-17-27)30-21-20-29(31)38(35)40(30)39(34)37/h5-31H,1-3H3;3-26H,2H2,1H3;1-24H. The molecule has 0 unspecified atom stereocenters. The molecule has 0 fully saturated rings. The van der Waals surface area contributed by atoms with Crippen molar-refractivity contribution in [3.8, 4) is 134 Å². The number of nitrogens with zero attached hydrogens (tertiary/aromatic N) is 3. The largest absolute Gasteiger partial charge is 0.456 e. The van der Waals surface area contributed by atoms with Crippen LogP contribution in [0, 0.1) is 6.57 Å². The van der Waals surface area contributed by atoms with Crippen LogP contribution in [0.1, 0.15) is 33.3 Å². The van der Waals surface area contributed by atoms with E-state index in [1.54, 1.807) is 0 Å². The fourth-order valence-electron chi connectivity index (χ4n) is 22.6. The summed E-state index contributed by atoms with van der Waals surface area (Å²) in [6, 6.07) is 166. The Morgan fingerprint density at radius 1 is 0.254 bits per heavy atom. The summed E-state index contributed by atoms with van der Waals surface area (Å²) in [5.41, 5.74) is 35.1. The molecule has 3 aliphatic rings. The van der Waals surface area contributed by atoms with Gasteiger partial charge in [-0.1, -0.05) is 384 Å². The number of para-hydroxylation sites is 3. The third-order valence-corrected chi connectivity index (χ3v) is 30.0. The van der Waals surface area contributed by atoms with E-state index in [2.05, 4.69) is 485 Å². The molecule has 3 aliphatic heterocycles. The van der Waals surface area contributed by atoms with E-state index < -0.39 is 0 Å². The molecule has 0 radical (unpaired) electrons. The number of anilines is 5. The van der Waals surface area contributed by atoms with Crippen LogP contribution in [0.3, 0.4) is 0 Å². The first-order chi connectivity index (χ1) is 68.0. The van der Waals surface area contributed by atoms with E-state index in [0.717, 1.165) is 68.3 Å². The summed E-state index contributed by atoms with van der Waals surface area (Å²) in [7, 11) is 0. The number of ether oxygens (including phenoxy) is 1. The zero-order valence-electron chi connectivity index (χ0n) is 76.7. The minimum atomic E-state index is 0.0589. The van der Waals surface area contributed by atoms with Crippen molar-refractivity contribution in [1.29, 1.82) is 0 Å². The lowest BCUT2D eigenvalue weighted by molar-refractivity contribution is 0.487. The van der Waals surface area contributed by atoms with Crippen molar-refractivity contribution in [3.05, 3.63) is 472 Å². The maximum absolute atomic E-state index is 7.46. The maximum Gasteiger partial charge on any atom is 0.187 e.